The van der Waals surface area contributed by atoms with Crippen LogP contribution in [0, 0.1) is 0 Å². The summed E-state index contributed by atoms with van der Waals surface area (Å²) >= 11 is 0. The number of carboxylic acids is 1. The SMILES string of the molecule is COc1cccc(C(=O)C(=O)O)c1OC1CCCN(C)C1. The second-order valence-corrected chi connectivity index (χ2v) is 5.12. The highest BCUT2D eigenvalue weighted by Crippen LogP contribution is 2.33. The minimum absolute atomic E-state index is 0.0232. The molecule has 2 rings (SSSR count). The fourth-order valence-corrected chi connectivity index (χ4v) is 2.47. The lowest BCUT2D eigenvalue weighted by atomic mass is 10.1. The quantitative estimate of drug-likeness (QED) is 0.654. The van der Waals surface area contributed by atoms with Crippen LogP contribution in [0.15, 0.2) is 18.2 Å². The number of piperidine rings is 1. The van der Waals surface area contributed by atoms with Crippen LogP contribution in [0.1, 0.15) is 23.2 Å². The molecule has 0 amide bonds. The van der Waals surface area contributed by atoms with E-state index in [4.69, 9.17) is 14.6 Å². The van der Waals surface area contributed by atoms with E-state index in [1.165, 1.54) is 13.2 Å². The number of likely N-dealkylation sites (tertiary alicyclic amines) is 1. The number of ether oxygens (including phenoxy) is 2. The molecular weight excluding hydrogens is 274 g/mol. The van der Waals surface area contributed by atoms with Crippen molar-refractivity contribution in [2.24, 2.45) is 0 Å². The molecule has 1 saturated heterocycles. The van der Waals surface area contributed by atoms with E-state index in [9.17, 15) is 9.59 Å². The van der Waals surface area contributed by atoms with Crippen molar-refractivity contribution < 1.29 is 24.2 Å². The van der Waals surface area contributed by atoms with Gasteiger partial charge in [0.2, 0.25) is 0 Å². The fourth-order valence-electron chi connectivity index (χ4n) is 2.47. The number of methoxy groups -OCH3 is 1. The van der Waals surface area contributed by atoms with Gasteiger partial charge in [0.1, 0.15) is 6.10 Å². The van der Waals surface area contributed by atoms with Crippen molar-refractivity contribution in [3.05, 3.63) is 23.8 Å². The van der Waals surface area contributed by atoms with Crippen LogP contribution in [0.3, 0.4) is 0 Å². The number of Topliss-reactive ketones (excluding diaryl/α,β-unsaturated/α-hetero) is 1. The number of benzene rings is 1. The molecule has 6 nitrogen and oxygen atoms in total. The molecule has 0 saturated carbocycles. The van der Waals surface area contributed by atoms with E-state index in [0.29, 0.717) is 5.75 Å². The van der Waals surface area contributed by atoms with E-state index < -0.39 is 11.8 Å². The van der Waals surface area contributed by atoms with Crippen molar-refractivity contribution in [1.82, 2.24) is 4.90 Å². The van der Waals surface area contributed by atoms with Crippen LogP contribution in [0.4, 0.5) is 0 Å². The summed E-state index contributed by atoms with van der Waals surface area (Å²) in [6.45, 7) is 1.74. The Labute approximate surface area is 123 Å². The minimum Gasteiger partial charge on any atom is -0.493 e. The van der Waals surface area contributed by atoms with Gasteiger partial charge in [-0.15, -0.1) is 0 Å². The number of para-hydroxylation sites is 1. The third-order valence-corrected chi connectivity index (χ3v) is 3.50. The Morgan fingerprint density at radius 2 is 2.14 bits per heavy atom. The molecule has 1 aliphatic heterocycles. The maximum atomic E-state index is 11.8. The first-order valence-electron chi connectivity index (χ1n) is 6.82. The number of hydrogen-bond acceptors (Lipinski definition) is 5. The first-order valence-corrected chi connectivity index (χ1v) is 6.82. The molecular formula is C15H19NO5. The summed E-state index contributed by atoms with van der Waals surface area (Å²) in [6.07, 6.45) is 1.78. The number of likely N-dealkylation sites (N-methyl/N-ethyl adjacent to an activating group) is 1. The molecule has 0 radical (unpaired) electrons. The van der Waals surface area contributed by atoms with Crippen molar-refractivity contribution in [3.8, 4) is 11.5 Å². The Bertz CT molecular complexity index is 543. The van der Waals surface area contributed by atoms with Crippen LogP contribution >= 0.6 is 0 Å². The van der Waals surface area contributed by atoms with Crippen LogP contribution in [0.2, 0.25) is 0 Å². The number of rotatable bonds is 5. The summed E-state index contributed by atoms with van der Waals surface area (Å²) in [5.41, 5.74) is 0.0232. The highest BCUT2D eigenvalue weighted by atomic mass is 16.5. The zero-order valence-corrected chi connectivity index (χ0v) is 12.2. The van der Waals surface area contributed by atoms with Gasteiger partial charge in [-0.25, -0.2) is 4.79 Å². The monoisotopic (exact) mass is 293 g/mol. The topological polar surface area (TPSA) is 76.1 Å². The van der Waals surface area contributed by atoms with Crippen LogP contribution in [-0.2, 0) is 4.79 Å². The molecule has 1 aliphatic rings. The van der Waals surface area contributed by atoms with Gasteiger partial charge in [-0.3, -0.25) is 4.79 Å². The molecule has 1 fully saturated rings. The predicted octanol–water partition coefficient (Wildman–Crippen LogP) is 1.44. The first kappa shape index (κ1) is 15.3. The number of aliphatic carboxylic acids is 1. The van der Waals surface area contributed by atoms with Gasteiger partial charge in [-0.05, 0) is 38.6 Å². The third kappa shape index (κ3) is 3.52. The lowest BCUT2D eigenvalue weighted by Crippen LogP contribution is -2.39. The van der Waals surface area contributed by atoms with E-state index in [1.807, 2.05) is 7.05 Å². The van der Waals surface area contributed by atoms with E-state index in [1.54, 1.807) is 12.1 Å². The van der Waals surface area contributed by atoms with E-state index in [-0.39, 0.29) is 17.4 Å². The molecule has 0 bridgehead atoms. The normalized spacial score (nSPS) is 19.0. The van der Waals surface area contributed by atoms with Crippen LogP contribution in [-0.4, -0.2) is 55.1 Å². The van der Waals surface area contributed by atoms with Crippen molar-refractivity contribution in [2.45, 2.75) is 18.9 Å². The van der Waals surface area contributed by atoms with Crippen LogP contribution in [0.5, 0.6) is 11.5 Å². The van der Waals surface area contributed by atoms with Gasteiger partial charge in [0.05, 0.1) is 12.7 Å². The number of carbonyl (C=O) groups is 2. The van der Waals surface area contributed by atoms with E-state index >= 15 is 0 Å². The Balaban J connectivity index is 2.31. The number of carbonyl (C=O) groups excluding carboxylic acids is 1. The number of hydrogen-bond donors (Lipinski definition) is 1. The molecule has 1 unspecified atom stereocenters. The molecule has 1 heterocycles. The lowest BCUT2D eigenvalue weighted by Gasteiger charge is -2.30. The van der Waals surface area contributed by atoms with Crippen molar-refractivity contribution in [3.63, 3.8) is 0 Å². The van der Waals surface area contributed by atoms with Gasteiger partial charge in [0, 0.05) is 6.54 Å². The smallest absolute Gasteiger partial charge is 0.377 e. The van der Waals surface area contributed by atoms with Crippen molar-refractivity contribution >= 4 is 11.8 Å². The predicted molar refractivity (Wildman–Crippen MR) is 76.1 cm³/mol. The van der Waals surface area contributed by atoms with E-state index in [2.05, 4.69) is 4.90 Å². The highest BCUT2D eigenvalue weighted by molar-refractivity contribution is 6.40. The summed E-state index contributed by atoms with van der Waals surface area (Å²) in [7, 11) is 3.46. The number of ketones is 1. The largest absolute Gasteiger partial charge is 0.493 e. The molecule has 1 aromatic carbocycles. The van der Waals surface area contributed by atoms with Gasteiger partial charge in [0.25, 0.3) is 5.78 Å². The third-order valence-electron chi connectivity index (χ3n) is 3.50. The standard InChI is InChI=1S/C15H19NO5/c1-16-8-4-5-10(9-16)21-14-11(13(17)15(18)19)6-3-7-12(14)20-2/h3,6-7,10H,4-5,8-9H2,1-2H3,(H,18,19). The molecule has 21 heavy (non-hydrogen) atoms. The lowest BCUT2D eigenvalue weighted by molar-refractivity contribution is -0.131. The molecule has 1 atom stereocenters. The van der Waals surface area contributed by atoms with Gasteiger partial charge < -0.3 is 19.5 Å². The summed E-state index contributed by atoms with van der Waals surface area (Å²) in [4.78, 5) is 24.9. The Kier molecular flexibility index (Phi) is 4.80. The molecule has 1 N–H and O–H groups in total. The van der Waals surface area contributed by atoms with Crippen molar-refractivity contribution in [2.75, 3.05) is 27.2 Å². The summed E-state index contributed by atoms with van der Waals surface area (Å²) in [6, 6.07) is 4.68. The zero-order valence-electron chi connectivity index (χ0n) is 12.2. The van der Waals surface area contributed by atoms with Crippen LogP contribution in [0.25, 0.3) is 0 Å². The summed E-state index contributed by atoms with van der Waals surface area (Å²) in [5.74, 6) is -1.91. The molecule has 0 spiro atoms. The molecule has 0 aromatic heterocycles. The fraction of sp³-hybridized carbons (Fsp3) is 0.467. The first-order chi connectivity index (χ1) is 10.0. The molecule has 114 valence electrons. The number of nitrogens with zero attached hydrogens (tertiary/aromatic N) is 1. The number of carboxylic acid groups (broad SMARTS) is 1. The zero-order chi connectivity index (χ0) is 15.4. The summed E-state index contributed by atoms with van der Waals surface area (Å²) < 4.78 is 11.1. The Morgan fingerprint density at radius 3 is 2.76 bits per heavy atom. The second kappa shape index (κ2) is 6.58. The highest BCUT2D eigenvalue weighted by Gasteiger charge is 2.26. The summed E-state index contributed by atoms with van der Waals surface area (Å²) in [5, 5.41) is 8.92. The van der Waals surface area contributed by atoms with Crippen molar-refractivity contribution in [1.29, 1.82) is 0 Å². The van der Waals surface area contributed by atoms with Gasteiger partial charge in [-0.2, -0.15) is 0 Å². The average Bonchev–Trinajstić information content (AvgIpc) is 2.46. The second-order valence-electron chi connectivity index (χ2n) is 5.12. The molecule has 1 aromatic rings. The van der Waals surface area contributed by atoms with Gasteiger partial charge in [0.15, 0.2) is 11.5 Å². The minimum atomic E-state index is -1.51. The Morgan fingerprint density at radius 1 is 1.38 bits per heavy atom. The Hall–Kier alpha value is -2.08. The molecule has 6 heteroatoms. The van der Waals surface area contributed by atoms with E-state index in [0.717, 1.165) is 25.9 Å². The van der Waals surface area contributed by atoms with Gasteiger partial charge >= 0.3 is 5.97 Å². The average molecular weight is 293 g/mol. The maximum absolute atomic E-state index is 11.8. The molecule has 0 aliphatic carbocycles. The van der Waals surface area contributed by atoms with Crippen LogP contribution < -0.4 is 9.47 Å². The maximum Gasteiger partial charge on any atom is 0.377 e. The van der Waals surface area contributed by atoms with Gasteiger partial charge in [-0.1, -0.05) is 6.07 Å².